The van der Waals surface area contributed by atoms with E-state index >= 15 is 0 Å². The zero-order valence-electron chi connectivity index (χ0n) is 14.9. The first-order chi connectivity index (χ1) is 12.9. The first kappa shape index (κ1) is 18.9. The molecule has 1 saturated heterocycles. The van der Waals surface area contributed by atoms with E-state index < -0.39 is 29.5 Å². The first-order valence-corrected chi connectivity index (χ1v) is 9.11. The van der Waals surface area contributed by atoms with E-state index in [0.717, 1.165) is 23.3 Å². The first-order valence-electron chi connectivity index (χ1n) is 9.11. The fourth-order valence-electron chi connectivity index (χ4n) is 3.73. The minimum absolute atomic E-state index is 0.0596. The van der Waals surface area contributed by atoms with Crippen LogP contribution in [0.4, 0.5) is 4.79 Å². The van der Waals surface area contributed by atoms with Crippen molar-refractivity contribution < 1.29 is 24.3 Å². The molecule has 0 radical (unpaired) electrons. The number of hydrogen-bond donors (Lipinski definition) is 3. The van der Waals surface area contributed by atoms with Crippen molar-refractivity contribution in [3.63, 3.8) is 0 Å². The van der Waals surface area contributed by atoms with E-state index in [1.807, 2.05) is 6.07 Å². The molecule has 3 rings (SSSR count). The number of hydrogen-bond acceptors (Lipinski definition) is 4. The van der Waals surface area contributed by atoms with Gasteiger partial charge in [-0.25, -0.2) is 9.59 Å². The summed E-state index contributed by atoms with van der Waals surface area (Å²) in [6, 6.07) is 7.46. The quantitative estimate of drug-likeness (QED) is 0.618. The molecule has 0 unspecified atom stereocenters. The third-order valence-corrected chi connectivity index (χ3v) is 5.18. The number of carboxylic acids is 1. The van der Waals surface area contributed by atoms with Crippen molar-refractivity contribution in [2.45, 2.75) is 50.1 Å². The highest BCUT2D eigenvalue weighted by molar-refractivity contribution is 6.07. The number of carbonyl (C=O) groups excluding carboxylic acids is 3. The van der Waals surface area contributed by atoms with Crippen LogP contribution in [0.5, 0.6) is 0 Å². The van der Waals surface area contributed by atoms with Crippen LogP contribution in [-0.2, 0) is 20.8 Å². The molecule has 0 aromatic heterocycles. The van der Waals surface area contributed by atoms with Gasteiger partial charge < -0.3 is 15.7 Å². The van der Waals surface area contributed by atoms with Gasteiger partial charge in [0, 0.05) is 19.4 Å². The Morgan fingerprint density at radius 1 is 1.19 bits per heavy atom. The Kier molecular flexibility index (Phi) is 5.43. The number of urea groups is 1. The standard InChI is InChI=1S/C19H23N3O5/c23-15(20-14(16(24)25)12-13-6-2-1-3-7-13)8-11-22-17(26)19(21-18(22)27)9-4-5-10-19/h1-3,6-7,14H,4-5,8-12H2,(H,20,23)(H,21,27)(H,24,25)/t14-/m0/s1. The molecule has 8 heteroatoms. The smallest absolute Gasteiger partial charge is 0.326 e. The lowest BCUT2D eigenvalue weighted by Gasteiger charge is -2.20. The number of aliphatic carboxylic acids is 1. The number of carbonyl (C=O) groups is 4. The van der Waals surface area contributed by atoms with E-state index in [1.165, 1.54) is 0 Å². The number of nitrogens with one attached hydrogen (secondary N) is 2. The summed E-state index contributed by atoms with van der Waals surface area (Å²) >= 11 is 0. The molecule has 4 amide bonds. The summed E-state index contributed by atoms with van der Waals surface area (Å²) in [7, 11) is 0. The molecule has 2 fully saturated rings. The Hall–Kier alpha value is -2.90. The van der Waals surface area contributed by atoms with Gasteiger partial charge >= 0.3 is 12.0 Å². The molecule has 8 nitrogen and oxygen atoms in total. The molecule has 3 N–H and O–H groups in total. The zero-order valence-corrected chi connectivity index (χ0v) is 14.9. The minimum Gasteiger partial charge on any atom is -0.480 e. The number of carboxylic acid groups (broad SMARTS) is 1. The maximum atomic E-state index is 12.5. The van der Waals surface area contributed by atoms with Crippen molar-refractivity contribution in [2.24, 2.45) is 0 Å². The topological polar surface area (TPSA) is 116 Å². The van der Waals surface area contributed by atoms with E-state index in [9.17, 15) is 24.3 Å². The molecule has 144 valence electrons. The second kappa shape index (κ2) is 7.77. The predicted molar refractivity (Wildman–Crippen MR) is 95.8 cm³/mol. The number of nitrogens with zero attached hydrogens (tertiary/aromatic N) is 1. The molecule has 1 aromatic carbocycles. The van der Waals surface area contributed by atoms with Crippen LogP contribution < -0.4 is 10.6 Å². The number of benzene rings is 1. The minimum atomic E-state index is -1.13. The molecular weight excluding hydrogens is 350 g/mol. The van der Waals surface area contributed by atoms with Gasteiger partial charge in [-0.15, -0.1) is 0 Å². The second-order valence-corrected chi connectivity index (χ2v) is 7.07. The Morgan fingerprint density at radius 2 is 1.85 bits per heavy atom. The van der Waals surface area contributed by atoms with Crippen LogP contribution in [0.15, 0.2) is 30.3 Å². The average molecular weight is 373 g/mol. The van der Waals surface area contributed by atoms with E-state index in [0.29, 0.717) is 12.8 Å². The normalized spacial score (nSPS) is 19.2. The van der Waals surface area contributed by atoms with Gasteiger partial charge in [0.05, 0.1) is 0 Å². The highest BCUT2D eigenvalue weighted by atomic mass is 16.4. The Labute approximate surface area is 156 Å². The highest BCUT2D eigenvalue weighted by Crippen LogP contribution is 2.34. The fourth-order valence-corrected chi connectivity index (χ4v) is 3.73. The SMILES string of the molecule is O=C(CCN1C(=O)NC2(CCCC2)C1=O)N[C@@H](Cc1ccccc1)C(=O)O. The summed E-state index contributed by atoms with van der Waals surface area (Å²) in [5.74, 6) is -1.92. The van der Waals surface area contributed by atoms with E-state index in [2.05, 4.69) is 10.6 Å². The lowest BCUT2D eigenvalue weighted by molar-refractivity contribution is -0.142. The molecule has 1 saturated carbocycles. The molecule has 1 aromatic rings. The predicted octanol–water partition coefficient (Wildman–Crippen LogP) is 1.05. The van der Waals surface area contributed by atoms with Gasteiger partial charge in [0.15, 0.2) is 0 Å². The van der Waals surface area contributed by atoms with Crippen molar-refractivity contribution in [3.8, 4) is 0 Å². The third-order valence-electron chi connectivity index (χ3n) is 5.18. The molecule has 2 aliphatic rings. The summed E-state index contributed by atoms with van der Waals surface area (Å²) < 4.78 is 0. The molecular formula is C19H23N3O5. The zero-order chi connectivity index (χ0) is 19.4. The van der Waals surface area contributed by atoms with Gasteiger partial charge in [-0.2, -0.15) is 0 Å². The lowest BCUT2D eigenvalue weighted by Crippen LogP contribution is -2.45. The third kappa shape index (κ3) is 4.10. The highest BCUT2D eigenvalue weighted by Gasteiger charge is 2.52. The van der Waals surface area contributed by atoms with Crippen LogP contribution in [-0.4, -0.2) is 51.9 Å². The van der Waals surface area contributed by atoms with E-state index in [4.69, 9.17) is 0 Å². The molecule has 0 bridgehead atoms. The van der Waals surface area contributed by atoms with Crippen molar-refractivity contribution in [3.05, 3.63) is 35.9 Å². The van der Waals surface area contributed by atoms with Crippen molar-refractivity contribution >= 4 is 23.8 Å². The van der Waals surface area contributed by atoms with Gasteiger partial charge in [-0.05, 0) is 18.4 Å². The van der Waals surface area contributed by atoms with E-state index in [1.54, 1.807) is 24.3 Å². The Morgan fingerprint density at radius 3 is 2.48 bits per heavy atom. The average Bonchev–Trinajstić information content (AvgIpc) is 3.19. The largest absolute Gasteiger partial charge is 0.480 e. The number of amides is 4. The van der Waals surface area contributed by atoms with Crippen LogP contribution in [0.3, 0.4) is 0 Å². The van der Waals surface area contributed by atoms with Crippen molar-refractivity contribution in [2.75, 3.05) is 6.54 Å². The second-order valence-electron chi connectivity index (χ2n) is 7.07. The Bertz CT molecular complexity index is 743. The van der Waals surface area contributed by atoms with Crippen LogP contribution in [0.1, 0.15) is 37.7 Å². The molecule has 1 spiro atoms. The summed E-state index contributed by atoms with van der Waals surface area (Å²) in [4.78, 5) is 49.3. The summed E-state index contributed by atoms with van der Waals surface area (Å²) in [5.41, 5.74) is -0.00717. The number of rotatable bonds is 7. The van der Waals surface area contributed by atoms with Crippen LogP contribution >= 0.6 is 0 Å². The monoisotopic (exact) mass is 373 g/mol. The van der Waals surface area contributed by atoms with Gasteiger partial charge in [-0.1, -0.05) is 43.2 Å². The van der Waals surface area contributed by atoms with Gasteiger partial charge in [0.1, 0.15) is 11.6 Å². The maximum Gasteiger partial charge on any atom is 0.326 e. The van der Waals surface area contributed by atoms with E-state index in [-0.39, 0.29) is 25.3 Å². The lowest BCUT2D eigenvalue weighted by atomic mass is 9.98. The summed E-state index contributed by atoms with van der Waals surface area (Å²) in [6.45, 7) is -0.0596. The summed E-state index contributed by atoms with van der Waals surface area (Å²) in [5, 5.41) is 14.6. The van der Waals surface area contributed by atoms with Gasteiger partial charge in [-0.3, -0.25) is 14.5 Å². The Balaban J connectivity index is 1.54. The van der Waals surface area contributed by atoms with Crippen LogP contribution in [0.2, 0.25) is 0 Å². The van der Waals surface area contributed by atoms with Crippen LogP contribution in [0, 0.1) is 0 Å². The molecule has 1 atom stereocenters. The van der Waals surface area contributed by atoms with Crippen molar-refractivity contribution in [1.29, 1.82) is 0 Å². The van der Waals surface area contributed by atoms with Crippen LogP contribution in [0.25, 0.3) is 0 Å². The van der Waals surface area contributed by atoms with Gasteiger partial charge in [0.2, 0.25) is 5.91 Å². The summed E-state index contributed by atoms with van der Waals surface area (Å²) in [6.07, 6.45) is 3.05. The molecule has 27 heavy (non-hydrogen) atoms. The molecule has 1 heterocycles. The fraction of sp³-hybridized carbons (Fsp3) is 0.474. The van der Waals surface area contributed by atoms with Crippen molar-refractivity contribution in [1.82, 2.24) is 15.5 Å². The van der Waals surface area contributed by atoms with Gasteiger partial charge in [0.25, 0.3) is 5.91 Å². The maximum absolute atomic E-state index is 12.5. The molecule has 1 aliphatic carbocycles. The number of imide groups is 1. The molecule has 1 aliphatic heterocycles.